The van der Waals surface area contributed by atoms with Crippen LogP contribution in [0, 0.1) is 11.3 Å². The molecule has 0 N–H and O–H groups in total. The molecule has 0 saturated heterocycles. The second-order valence-electron chi connectivity index (χ2n) is 6.25. The zero-order valence-corrected chi connectivity index (χ0v) is 11.0. The molecule has 2 aliphatic rings. The minimum Gasteiger partial charge on any atom is -0.298 e. The number of nitrogens with zero attached hydrogens (tertiary/aromatic N) is 1. The Kier molecular flexibility index (Phi) is 3.19. The Bertz CT molecular complexity index is 362. The number of carbonyl (C=O) groups is 2. The highest BCUT2D eigenvalue weighted by atomic mass is 16.2. The van der Waals surface area contributed by atoms with Gasteiger partial charge in [0.15, 0.2) is 0 Å². The Morgan fingerprint density at radius 3 is 2.29 bits per heavy atom. The molecule has 94 valence electrons. The van der Waals surface area contributed by atoms with E-state index in [1.165, 1.54) is 0 Å². The van der Waals surface area contributed by atoms with Gasteiger partial charge in [0.1, 0.15) is 17.5 Å². The highest BCUT2D eigenvalue weighted by molar-refractivity contribution is 6.22. The first-order valence-electron chi connectivity index (χ1n) is 6.51. The maximum Gasteiger partial charge on any atom is 0.149 e. The molecule has 1 unspecified atom stereocenters. The Hall–Kier alpha value is -0.990. The summed E-state index contributed by atoms with van der Waals surface area (Å²) in [6.45, 7) is 6.04. The number of rotatable bonds is 1. The van der Waals surface area contributed by atoms with Gasteiger partial charge in [0.05, 0.1) is 0 Å². The molecule has 0 aromatic rings. The van der Waals surface area contributed by atoms with Crippen molar-refractivity contribution in [1.29, 1.82) is 0 Å². The lowest BCUT2D eigenvalue weighted by molar-refractivity contribution is -0.136. The van der Waals surface area contributed by atoms with E-state index in [0.717, 1.165) is 25.0 Å². The molecular weight excluding hydrogens is 214 g/mol. The number of hydrogen-bond acceptors (Lipinski definition) is 3. The normalized spacial score (nSPS) is 30.3. The van der Waals surface area contributed by atoms with E-state index >= 15 is 0 Å². The summed E-state index contributed by atoms with van der Waals surface area (Å²) < 4.78 is 0. The fourth-order valence-electron chi connectivity index (χ4n) is 2.97. The van der Waals surface area contributed by atoms with Crippen molar-refractivity contribution in [3.05, 3.63) is 0 Å². The molecule has 0 radical (unpaired) electrons. The van der Waals surface area contributed by atoms with E-state index in [2.05, 4.69) is 11.9 Å². The van der Waals surface area contributed by atoms with Crippen LogP contribution in [0.3, 0.4) is 0 Å². The molecule has 0 spiro atoms. The standard InChI is InChI=1S/C14H21NO2/c1-9-5-4-6-10(15-9)13-11(16)7-14(2,3)8-12(13)17/h9,13H,4-8H2,1-3H3. The largest absolute Gasteiger partial charge is 0.298 e. The van der Waals surface area contributed by atoms with Gasteiger partial charge >= 0.3 is 0 Å². The van der Waals surface area contributed by atoms with Crippen molar-refractivity contribution in [3.8, 4) is 0 Å². The van der Waals surface area contributed by atoms with Gasteiger partial charge in [-0.2, -0.15) is 0 Å². The first-order valence-corrected chi connectivity index (χ1v) is 6.51. The van der Waals surface area contributed by atoms with Crippen LogP contribution in [-0.4, -0.2) is 23.3 Å². The predicted octanol–water partition coefficient (Wildman–Crippen LogP) is 2.57. The van der Waals surface area contributed by atoms with E-state index in [1.54, 1.807) is 0 Å². The summed E-state index contributed by atoms with van der Waals surface area (Å²) >= 11 is 0. The van der Waals surface area contributed by atoms with Crippen molar-refractivity contribution < 1.29 is 9.59 Å². The third-order valence-corrected chi connectivity index (χ3v) is 3.72. The molecule has 3 nitrogen and oxygen atoms in total. The van der Waals surface area contributed by atoms with E-state index in [1.807, 2.05) is 13.8 Å². The van der Waals surface area contributed by atoms with Gasteiger partial charge in [-0.25, -0.2) is 0 Å². The van der Waals surface area contributed by atoms with Crippen LogP contribution in [0.25, 0.3) is 0 Å². The van der Waals surface area contributed by atoms with Crippen molar-refractivity contribution in [3.63, 3.8) is 0 Å². The first-order chi connectivity index (χ1) is 7.89. The van der Waals surface area contributed by atoms with Gasteiger partial charge in [0.2, 0.25) is 0 Å². The number of carbonyl (C=O) groups excluding carboxylic acids is 2. The summed E-state index contributed by atoms with van der Waals surface area (Å²) in [5.74, 6) is -0.344. The summed E-state index contributed by atoms with van der Waals surface area (Å²) in [6, 6.07) is 0.272. The molecule has 0 bridgehead atoms. The summed E-state index contributed by atoms with van der Waals surface area (Å²) in [5.41, 5.74) is 0.695. The second-order valence-corrected chi connectivity index (χ2v) is 6.25. The average Bonchev–Trinajstić information content (AvgIpc) is 2.13. The van der Waals surface area contributed by atoms with Gasteiger partial charge in [-0.05, 0) is 31.6 Å². The topological polar surface area (TPSA) is 46.5 Å². The van der Waals surface area contributed by atoms with Crippen LogP contribution in [0.5, 0.6) is 0 Å². The van der Waals surface area contributed by atoms with Gasteiger partial charge in [-0.15, -0.1) is 0 Å². The fourth-order valence-corrected chi connectivity index (χ4v) is 2.97. The van der Waals surface area contributed by atoms with E-state index in [9.17, 15) is 9.59 Å². The lowest BCUT2D eigenvalue weighted by Crippen LogP contribution is -2.42. The smallest absolute Gasteiger partial charge is 0.149 e. The van der Waals surface area contributed by atoms with Crippen LogP contribution in [-0.2, 0) is 9.59 Å². The second kappa shape index (κ2) is 4.35. The number of aliphatic imine (C=N–C) groups is 1. The first kappa shape index (κ1) is 12.5. The van der Waals surface area contributed by atoms with Crippen LogP contribution in [0.4, 0.5) is 0 Å². The molecule has 0 aromatic carbocycles. The zero-order valence-electron chi connectivity index (χ0n) is 11.0. The van der Waals surface area contributed by atoms with Gasteiger partial charge in [0, 0.05) is 24.6 Å². The Morgan fingerprint density at radius 2 is 1.76 bits per heavy atom. The minimum atomic E-state index is -0.509. The van der Waals surface area contributed by atoms with Crippen LogP contribution in [0.1, 0.15) is 52.9 Å². The molecule has 1 aliphatic carbocycles. The predicted molar refractivity (Wildman–Crippen MR) is 67.3 cm³/mol. The van der Waals surface area contributed by atoms with Crippen molar-refractivity contribution in [2.24, 2.45) is 16.3 Å². The Labute approximate surface area is 103 Å². The quantitative estimate of drug-likeness (QED) is 0.656. The average molecular weight is 235 g/mol. The maximum atomic E-state index is 12.1. The van der Waals surface area contributed by atoms with Crippen molar-refractivity contribution in [2.75, 3.05) is 0 Å². The lowest BCUT2D eigenvalue weighted by Gasteiger charge is -2.33. The van der Waals surface area contributed by atoms with Crippen molar-refractivity contribution in [2.45, 2.75) is 58.9 Å². The number of ketones is 2. The maximum absolute atomic E-state index is 12.1. The Morgan fingerprint density at radius 1 is 1.18 bits per heavy atom. The summed E-state index contributed by atoms with van der Waals surface area (Å²) in [7, 11) is 0. The summed E-state index contributed by atoms with van der Waals surface area (Å²) in [6.07, 6.45) is 3.98. The van der Waals surface area contributed by atoms with Gasteiger partial charge in [-0.3, -0.25) is 14.6 Å². The van der Waals surface area contributed by atoms with Gasteiger partial charge in [-0.1, -0.05) is 13.8 Å². The zero-order chi connectivity index (χ0) is 12.6. The third-order valence-electron chi connectivity index (χ3n) is 3.72. The highest BCUT2D eigenvalue weighted by Gasteiger charge is 2.42. The van der Waals surface area contributed by atoms with E-state index in [0.29, 0.717) is 12.8 Å². The molecule has 1 heterocycles. The minimum absolute atomic E-state index is 0.0825. The van der Waals surface area contributed by atoms with Gasteiger partial charge < -0.3 is 0 Å². The van der Waals surface area contributed by atoms with Gasteiger partial charge in [0.25, 0.3) is 0 Å². The molecule has 1 atom stereocenters. The Balaban J connectivity index is 2.22. The highest BCUT2D eigenvalue weighted by Crippen LogP contribution is 2.35. The summed E-state index contributed by atoms with van der Waals surface area (Å²) in [4.78, 5) is 28.8. The third kappa shape index (κ3) is 2.64. The molecule has 0 amide bonds. The fraction of sp³-hybridized carbons (Fsp3) is 0.786. The van der Waals surface area contributed by atoms with Crippen LogP contribution >= 0.6 is 0 Å². The molecule has 17 heavy (non-hydrogen) atoms. The number of Topliss-reactive ketones (excluding diaryl/α,β-unsaturated/α-hetero) is 2. The van der Waals surface area contributed by atoms with E-state index < -0.39 is 5.92 Å². The molecule has 1 aliphatic heterocycles. The van der Waals surface area contributed by atoms with E-state index in [-0.39, 0.29) is 23.0 Å². The SMILES string of the molecule is CC1CCCC(C2C(=O)CC(C)(C)CC2=O)=N1. The monoisotopic (exact) mass is 235 g/mol. The molecular formula is C14H21NO2. The van der Waals surface area contributed by atoms with Crippen LogP contribution in [0.15, 0.2) is 4.99 Å². The molecule has 2 rings (SSSR count). The molecule has 3 heteroatoms. The number of hydrogen-bond donors (Lipinski definition) is 0. The summed E-state index contributed by atoms with van der Waals surface area (Å²) in [5, 5.41) is 0. The van der Waals surface area contributed by atoms with Crippen molar-refractivity contribution >= 4 is 17.3 Å². The van der Waals surface area contributed by atoms with Crippen LogP contribution < -0.4 is 0 Å². The van der Waals surface area contributed by atoms with Crippen LogP contribution in [0.2, 0.25) is 0 Å². The molecule has 1 saturated carbocycles. The molecule has 1 fully saturated rings. The lowest BCUT2D eigenvalue weighted by atomic mass is 9.69. The van der Waals surface area contributed by atoms with Crippen molar-refractivity contribution in [1.82, 2.24) is 0 Å². The van der Waals surface area contributed by atoms with E-state index in [4.69, 9.17) is 0 Å². The molecule has 0 aromatic heterocycles.